The quantitative estimate of drug-likeness (QED) is 0.703. The molecule has 0 radical (unpaired) electrons. The molecule has 0 unspecified atom stereocenters. The first-order chi connectivity index (χ1) is 15.1. The Morgan fingerprint density at radius 1 is 1.12 bits per heavy atom. The van der Waals surface area contributed by atoms with Crippen molar-refractivity contribution in [2.45, 2.75) is 38.4 Å². The van der Waals surface area contributed by atoms with Crippen LogP contribution in [-0.4, -0.2) is 80.0 Å². The molecule has 2 heterocycles. The van der Waals surface area contributed by atoms with E-state index in [2.05, 4.69) is 23.1 Å². The average Bonchev–Trinajstić information content (AvgIpc) is 3.14. The standard InChI is InChI=1S/C20H30N2O3.C2HF3O2/c1-24-13-6-19(23)22-11-8-20(9-12-22)7-10-21(16-20)15-17-4-3-5-18(14-17)25-2;3-2(4,5)1(6)7/h3-5,14H,6-13,15-16H2,1-2H3;(H,6,7). The molecule has 0 aromatic heterocycles. The SMILES string of the molecule is COCCC(=O)N1CCC2(CCN(Cc3cccc(OC)c3)C2)CC1.O=C(O)C(F)(F)F. The van der Waals surface area contributed by atoms with Gasteiger partial charge in [0, 0.05) is 33.3 Å². The summed E-state index contributed by atoms with van der Waals surface area (Å²) < 4.78 is 42.1. The van der Waals surface area contributed by atoms with Gasteiger partial charge in [0.1, 0.15) is 5.75 Å². The van der Waals surface area contributed by atoms with Crippen molar-refractivity contribution in [3.8, 4) is 5.75 Å². The highest BCUT2D eigenvalue weighted by Gasteiger charge is 2.41. The van der Waals surface area contributed by atoms with Crippen LogP contribution >= 0.6 is 0 Å². The predicted octanol–water partition coefficient (Wildman–Crippen LogP) is 3.18. The number of hydrogen-bond donors (Lipinski definition) is 1. The van der Waals surface area contributed by atoms with Crippen LogP contribution in [0, 0.1) is 5.41 Å². The summed E-state index contributed by atoms with van der Waals surface area (Å²) in [6, 6.07) is 8.35. The summed E-state index contributed by atoms with van der Waals surface area (Å²) in [6.07, 6.45) is -1.08. The number of nitrogens with zero attached hydrogens (tertiary/aromatic N) is 2. The number of rotatable bonds is 6. The number of alkyl halides is 3. The highest BCUT2D eigenvalue weighted by molar-refractivity contribution is 5.76. The van der Waals surface area contributed by atoms with Gasteiger partial charge in [0.25, 0.3) is 0 Å². The minimum absolute atomic E-state index is 0.239. The van der Waals surface area contributed by atoms with Crippen LogP contribution in [0.5, 0.6) is 5.75 Å². The van der Waals surface area contributed by atoms with Crippen molar-refractivity contribution in [3.63, 3.8) is 0 Å². The fourth-order valence-corrected chi connectivity index (χ4v) is 4.18. The average molecular weight is 460 g/mol. The van der Waals surface area contributed by atoms with Crippen LogP contribution in [0.4, 0.5) is 13.2 Å². The Hall–Kier alpha value is -2.33. The van der Waals surface area contributed by atoms with Crippen molar-refractivity contribution in [1.29, 1.82) is 0 Å². The lowest BCUT2D eigenvalue weighted by Crippen LogP contribution is -2.44. The summed E-state index contributed by atoms with van der Waals surface area (Å²) in [5.41, 5.74) is 1.71. The first kappa shape index (κ1) is 25.9. The molecule has 0 bridgehead atoms. The summed E-state index contributed by atoms with van der Waals surface area (Å²) >= 11 is 0. The number of ether oxygens (including phenoxy) is 2. The van der Waals surface area contributed by atoms with Crippen molar-refractivity contribution in [2.24, 2.45) is 5.41 Å². The Bertz CT molecular complexity index is 764. The van der Waals surface area contributed by atoms with Crippen molar-refractivity contribution < 1.29 is 37.3 Å². The highest BCUT2D eigenvalue weighted by atomic mass is 19.4. The molecular weight excluding hydrogens is 429 g/mol. The number of carboxylic acid groups (broad SMARTS) is 1. The highest BCUT2D eigenvalue weighted by Crippen LogP contribution is 2.41. The number of hydrogen-bond acceptors (Lipinski definition) is 5. The Labute approximate surface area is 186 Å². The van der Waals surface area contributed by atoms with E-state index in [0.29, 0.717) is 18.4 Å². The van der Waals surface area contributed by atoms with E-state index in [1.807, 2.05) is 11.0 Å². The third-order valence-electron chi connectivity index (χ3n) is 6.00. The van der Waals surface area contributed by atoms with Crippen LogP contribution in [-0.2, 0) is 20.9 Å². The number of carboxylic acids is 1. The first-order valence-corrected chi connectivity index (χ1v) is 10.5. The first-order valence-electron chi connectivity index (χ1n) is 10.5. The zero-order chi connectivity index (χ0) is 23.8. The van der Waals surface area contributed by atoms with Gasteiger partial charge in [-0.25, -0.2) is 4.79 Å². The zero-order valence-electron chi connectivity index (χ0n) is 18.5. The molecule has 0 atom stereocenters. The molecule has 0 aliphatic carbocycles. The number of benzene rings is 1. The lowest BCUT2D eigenvalue weighted by Gasteiger charge is -2.39. The van der Waals surface area contributed by atoms with Crippen molar-refractivity contribution in [2.75, 3.05) is 47.0 Å². The molecule has 10 heteroatoms. The number of likely N-dealkylation sites (tertiary alicyclic amines) is 2. The van der Waals surface area contributed by atoms with Gasteiger partial charge >= 0.3 is 12.1 Å². The van der Waals surface area contributed by atoms with E-state index in [0.717, 1.165) is 51.3 Å². The van der Waals surface area contributed by atoms with Crippen LogP contribution < -0.4 is 4.74 Å². The predicted molar refractivity (Wildman–Crippen MR) is 111 cm³/mol. The molecule has 1 N–H and O–H groups in total. The van der Waals surface area contributed by atoms with Gasteiger partial charge in [-0.1, -0.05) is 12.1 Å². The minimum Gasteiger partial charge on any atom is -0.497 e. The van der Waals surface area contributed by atoms with Gasteiger partial charge < -0.3 is 19.5 Å². The van der Waals surface area contributed by atoms with E-state index >= 15 is 0 Å². The largest absolute Gasteiger partial charge is 0.497 e. The smallest absolute Gasteiger partial charge is 0.490 e. The molecule has 2 fully saturated rings. The van der Waals surface area contributed by atoms with Crippen LogP contribution in [0.15, 0.2) is 24.3 Å². The maximum absolute atomic E-state index is 12.1. The van der Waals surface area contributed by atoms with Crippen LogP contribution in [0.2, 0.25) is 0 Å². The molecule has 0 saturated carbocycles. The van der Waals surface area contributed by atoms with Gasteiger partial charge in [-0.15, -0.1) is 0 Å². The van der Waals surface area contributed by atoms with E-state index in [1.54, 1.807) is 14.2 Å². The molecule has 1 aromatic rings. The van der Waals surface area contributed by atoms with Gasteiger partial charge in [-0.2, -0.15) is 13.2 Å². The second-order valence-electron chi connectivity index (χ2n) is 8.24. The molecule has 2 saturated heterocycles. The van der Waals surface area contributed by atoms with Gasteiger partial charge in [-0.05, 0) is 48.9 Å². The Morgan fingerprint density at radius 2 is 1.75 bits per heavy atom. The van der Waals surface area contributed by atoms with Gasteiger partial charge in [0.05, 0.1) is 20.1 Å². The Kier molecular flexibility index (Phi) is 9.33. The number of piperidine rings is 1. The van der Waals surface area contributed by atoms with Crippen LogP contribution in [0.1, 0.15) is 31.2 Å². The molecule has 180 valence electrons. The van der Waals surface area contributed by atoms with E-state index < -0.39 is 12.1 Å². The van der Waals surface area contributed by atoms with Crippen molar-refractivity contribution in [1.82, 2.24) is 9.80 Å². The number of carbonyl (C=O) groups excluding carboxylic acids is 1. The van der Waals surface area contributed by atoms with E-state index in [-0.39, 0.29) is 5.91 Å². The van der Waals surface area contributed by atoms with Gasteiger partial charge in [-0.3, -0.25) is 9.69 Å². The number of carbonyl (C=O) groups is 2. The molecule has 1 amide bonds. The normalized spacial score (nSPS) is 18.2. The van der Waals surface area contributed by atoms with Gasteiger partial charge in [0.15, 0.2) is 0 Å². The Balaban J connectivity index is 0.000000451. The van der Waals surface area contributed by atoms with E-state index in [1.165, 1.54) is 12.0 Å². The summed E-state index contributed by atoms with van der Waals surface area (Å²) in [6.45, 7) is 5.59. The van der Waals surface area contributed by atoms with Crippen molar-refractivity contribution >= 4 is 11.9 Å². The summed E-state index contributed by atoms with van der Waals surface area (Å²) in [7, 11) is 3.36. The maximum Gasteiger partial charge on any atom is 0.490 e. The lowest BCUT2D eigenvalue weighted by atomic mass is 9.77. The molecule has 3 rings (SSSR count). The monoisotopic (exact) mass is 460 g/mol. The van der Waals surface area contributed by atoms with Crippen LogP contribution in [0.3, 0.4) is 0 Å². The topological polar surface area (TPSA) is 79.3 Å². The second-order valence-corrected chi connectivity index (χ2v) is 8.24. The third kappa shape index (κ3) is 7.67. The molecule has 2 aliphatic rings. The Morgan fingerprint density at radius 3 is 2.31 bits per heavy atom. The molecule has 32 heavy (non-hydrogen) atoms. The number of halogens is 3. The number of methoxy groups -OCH3 is 2. The van der Waals surface area contributed by atoms with Gasteiger partial charge in [0.2, 0.25) is 5.91 Å². The second kappa shape index (κ2) is 11.5. The summed E-state index contributed by atoms with van der Waals surface area (Å²) in [4.78, 5) is 25.6. The fraction of sp³-hybridized carbons (Fsp3) is 0.636. The van der Waals surface area contributed by atoms with E-state index in [4.69, 9.17) is 19.4 Å². The molecular formula is C22H31F3N2O5. The number of amides is 1. The van der Waals surface area contributed by atoms with Crippen LogP contribution in [0.25, 0.3) is 0 Å². The lowest BCUT2D eigenvalue weighted by molar-refractivity contribution is -0.192. The van der Waals surface area contributed by atoms with Crippen molar-refractivity contribution in [3.05, 3.63) is 29.8 Å². The maximum atomic E-state index is 12.1. The number of aliphatic carboxylic acids is 1. The van der Waals surface area contributed by atoms with E-state index in [9.17, 15) is 18.0 Å². The fourth-order valence-electron chi connectivity index (χ4n) is 4.18. The summed E-state index contributed by atoms with van der Waals surface area (Å²) in [5, 5.41) is 7.12. The zero-order valence-corrected chi connectivity index (χ0v) is 18.5. The molecule has 7 nitrogen and oxygen atoms in total. The molecule has 2 aliphatic heterocycles. The third-order valence-corrected chi connectivity index (χ3v) is 6.00. The summed E-state index contributed by atoms with van der Waals surface area (Å²) in [5.74, 6) is -1.59. The molecule has 1 spiro atoms. The minimum atomic E-state index is -5.08. The molecule has 1 aromatic carbocycles.